The van der Waals surface area contributed by atoms with Crippen molar-refractivity contribution in [2.75, 3.05) is 18.8 Å². The first kappa shape index (κ1) is 15.6. The minimum Gasteiger partial charge on any atom is -0.459 e. The Morgan fingerprint density at radius 2 is 2.17 bits per heavy atom. The van der Waals surface area contributed by atoms with Crippen molar-refractivity contribution in [3.63, 3.8) is 0 Å². The van der Waals surface area contributed by atoms with E-state index in [0.717, 1.165) is 11.3 Å². The summed E-state index contributed by atoms with van der Waals surface area (Å²) in [4.78, 5) is 24.8. The van der Waals surface area contributed by atoms with Crippen LogP contribution in [0.5, 0.6) is 0 Å². The number of nitrogens with zero attached hydrogens (tertiary/aromatic N) is 2. The van der Waals surface area contributed by atoms with Crippen LogP contribution < -0.4 is 0 Å². The Kier molecular flexibility index (Phi) is 4.97. The zero-order valence-electron chi connectivity index (χ0n) is 12.4. The van der Waals surface area contributed by atoms with E-state index in [2.05, 4.69) is 5.16 Å². The zero-order valence-corrected chi connectivity index (χ0v) is 13.3. The van der Waals surface area contributed by atoms with Gasteiger partial charge in [-0.1, -0.05) is 47.3 Å². The second-order valence-electron chi connectivity index (χ2n) is 5.06. The topological polar surface area (TPSA) is 72.6 Å². The summed E-state index contributed by atoms with van der Waals surface area (Å²) >= 11 is 1.28. The van der Waals surface area contributed by atoms with Crippen LogP contribution in [-0.2, 0) is 16.1 Å². The van der Waals surface area contributed by atoms with Crippen molar-refractivity contribution in [2.45, 2.75) is 13.0 Å². The van der Waals surface area contributed by atoms with Crippen LogP contribution in [0.25, 0.3) is 11.3 Å². The van der Waals surface area contributed by atoms with Crippen LogP contribution in [0.4, 0.5) is 4.79 Å². The van der Waals surface area contributed by atoms with Gasteiger partial charge < -0.3 is 14.2 Å². The van der Waals surface area contributed by atoms with Gasteiger partial charge in [-0.25, -0.2) is 0 Å². The smallest absolute Gasteiger partial charge is 0.307 e. The minimum absolute atomic E-state index is 0.0294. The molecule has 3 rings (SSSR count). The van der Waals surface area contributed by atoms with E-state index in [-0.39, 0.29) is 24.2 Å². The Morgan fingerprint density at radius 1 is 1.35 bits per heavy atom. The fraction of sp³-hybridized carbons (Fsp3) is 0.312. The molecule has 0 aliphatic carbocycles. The highest BCUT2D eigenvalue weighted by Gasteiger charge is 2.21. The van der Waals surface area contributed by atoms with Crippen LogP contribution in [0.1, 0.15) is 12.1 Å². The minimum atomic E-state index is -0.348. The largest absolute Gasteiger partial charge is 0.459 e. The van der Waals surface area contributed by atoms with Gasteiger partial charge in [-0.05, 0) is 0 Å². The number of esters is 1. The fourth-order valence-corrected chi connectivity index (χ4v) is 3.05. The highest BCUT2D eigenvalue weighted by molar-refractivity contribution is 8.13. The molecule has 23 heavy (non-hydrogen) atoms. The number of hydrogen-bond acceptors (Lipinski definition) is 6. The van der Waals surface area contributed by atoms with Crippen molar-refractivity contribution in [2.24, 2.45) is 0 Å². The first-order chi connectivity index (χ1) is 11.2. The summed E-state index contributed by atoms with van der Waals surface area (Å²) < 4.78 is 10.4. The number of carbonyl (C=O) groups is 2. The SMILES string of the molecule is O=C(CCN1CCSC1=O)OCc1cc(-c2ccccc2)on1. The zero-order chi connectivity index (χ0) is 16.1. The van der Waals surface area contributed by atoms with Gasteiger partial charge in [0.1, 0.15) is 12.3 Å². The Labute approximate surface area is 137 Å². The lowest BCUT2D eigenvalue weighted by molar-refractivity contribution is -0.145. The number of ether oxygens (including phenoxy) is 1. The van der Waals surface area contributed by atoms with Crippen molar-refractivity contribution in [1.29, 1.82) is 0 Å². The second kappa shape index (κ2) is 7.32. The molecule has 0 unspecified atom stereocenters. The second-order valence-corrected chi connectivity index (χ2v) is 6.11. The lowest BCUT2D eigenvalue weighted by Crippen LogP contribution is -2.26. The van der Waals surface area contributed by atoms with Gasteiger partial charge in [0.05, 0.1) is 6.42 Å². The maximum atomic E-state index is 11.7. The molecule has 1 fully saturated rings. The molecular formula is C16H16N2O4S. The average Bonchev–Trinajstić information content (AvgIpc) is 3.21. The first-order valence-electron chi connectivity index (χ1n) is 7.31. The third kappa shape index (κ3) is 4.13. The normalized spacial score (nSPS) is 14.3. The molecule has 0 N–H and O–H groups in total. The van der Waals surface area contributed by atoms with Gasteiger partial charge >= 0.3 is 5.97 Å². The Morgan fingerprint density at radius 3 is 2.91 bits per heavy atom. The number of rotatable bonds is 6. The molecule has 1 aromatic carbocycles. The van der Waals surface area contributed by atoms with Gasteiger partial charge in [0, 0.05) is 30.5 Å². The van der Waals surface area contributed by atoms with E-state index in [1.165, 1.54) is 11.8 Å². The maximum Gasteiger partial charge on any atom is 0.307 e. The molecule has 1 aromatic heterocycles. The molecule has 1 aliphatic rings. The lowest BCUT2D eigenvalue weighted by Gasteiger charge is -2.13. The highest BCUT2D eigenvalue weighted by Crippen LogP contribution is 2.20. The fourth-order valence-electron chi connectivity index (χ4n) is 2.20. The van der Waals surface area contributed by atoms with E-state index in [0.29, 0.717) is 24.5 Å². The first-order valence-corrected chi connectivity index (χ1v) is 8.29. The summed E-state index contributed by atoms with van der Waals surface area (Å²) in [6.07, 6.45) is 0.190. The van der Waals surface area contributed by atoms with Gasteiger partial charge in [-0.3, -0.25) is 9.59 Å². The van der Waals surface area contributed by atoms with Gasteiger partial charge in [0.25, 0.3) is 5.24 Å². The van der Waals surface area contributed by atoms with Crippen molar-refractivity contribution >= 4 is 23.0 Å². The molecule has 0 radical (unpaired) electrons. The van der Waals surface area contributed by atoms with Crippen LogP contribution in [-0.4, -0.2) is 40.1 Å². The maximum absolute atomic E-state index is 11.7. The van der Waals surface area contributed by atoms with Crippen molar-refractivity contribution in [3.05, 3.63) is 42.1 Å². The van der Waals surface area contributed by atoms with E-state index in [4.69, 9.17) is 9.26 Å². The summed E-state index contributed by atoms with van der Waals surface area (Å²) in [5.41, 5.74) is 1.48. The quantitative estimate of drug-likeness (QED) is 0.757. The summed E-state index contributed by atoms with van der Waals surface area (Å²) in [6.45, 7) is 1.16. The summed E-state index contributed by atoms with van der Waals surface area (Å²) in [7, 11) is 0. The third-order valence-corrected chi connectivity index (χ3v) is 4.32. The number of hydrogen-bond donors (Lipinski definition) is 0. The van der Waals surface area contributed by atoms with Crippen molar-refractivity contribution < 1.29 is 18.8 Å². The standard InChI is InChI=1S/C16H16N2O4S/c19-15(6-7-18-8-9-23-16(18)20)21-11-13-10-14(22-17-13)12-4-2-1-3-5-12/h1-5,10H,6-9,11H2. The molecule has 0 saturated carbocycles. The van der Waals surface area contributed by atoms with Gasteiger partial charge in [-0.2, -0.15) is 0 Å². The van der Waals surface area contributed by atoms with Crippen LogP contribution >= 0.6 is 11.8 Å². The summed E-state index contributed by atoms with van der Waals surface area (Å²) in [5, 5.41) is 3.92. The third-order valence-electron chi connectivity index (χ3n) is 3.43. The lowest BCUT2D eigenvalue weighted by atomic mass is 10.2. The molecule has 0 atom stereocenters. The van der Waals surface area contributed by atoms with E-state index in [1.54, 1.807) is 11.0 Å². The molecule has 0 spiro atoms. The molecule has 2 aromatic rings. The molecule has 7 heteroatoms. The molecule has 1 saturated heterocycles. The van der Waals surface area contributed by atoms with Crippen molar-refractivity contribution in [3.8, 4) is 11.3 Å². The van der Waals surface area contributed by atoms with E-state index in [1.807, 2.05) is 30.3 Å². The molecule has 0 bridgehead atoms. The number of carbonyl (C=O) groups excluding carboxylic acids is 2. The number of amides is 1. The Bertz CT molecular complexity index is 686. The Balaban J connectivity index is 1.46. The summed E-state index contributed by atoms with van der Waals surface area (Å²) in [5.74, 6) is 1.07. The van der Waals surface area contributed by atoms with E-state index >= 15 is 0 Å². The van der Waals surface area contributed by atoms with Crippen LogP contribution in [0.15, 0.2) is 40.9 Å². The molecule has 1 aliphatic heterocycles. The number of benzene rings is 1. The van der Waals surface area contributed by atoms with E-state index < -0.39 is 0 Å². The monoisotopic (exact) mass is 332 g/mol. The van der Waals surface area contributed by atoms with Crippen LogP contribution in [0, 0.1) is 0 Å². The molecule has 120 valence electrons. The number of aromatic nitrogens is 1. The van der Waals surface area contributed by atoms with Gasteiger partial charge in [-0.15, -0.1) is 0 Å². The Hall–Kier alpha value is -2.28. The molecule has 6 nitrogen and oxygen atoms in total. The van der Waals surface area contributed by atoms with E-state index in [9.17, 15) is 9.59 Å². The molecule has 2 heterocycles. The molecule has 1 amide bonds. The van der Waals surface area contributed by atoms with Gasteiger partial charge in [0.2, 0.25) is 0 Å². The highest BCUT2D eigenvalue weighted by atomic mass is 32.2. The summed E-state index contributed by atoms with van der Waals surface area (Å²) in [6, 6.07) is 11.3. The number of thioether (sulfide) groups is 1. The average molecular weight is 332 g/mol. The van der Waals surface area contributed by atoms with Crippen LogP contribution in [0.2, 0.25) is 0 Å². The predicted molar refractivity (Wildman–Crippen MR) is 85.8 cm³/mol. The predicted octanol–water partition coefficient (Wildman–Crippen LogP) is 2.94. The van der Waals surface area contributed by atoms with Crippen molar-refractivity contribution in [1.82, 2.24) is 10.1 Å². The van der Waals surface area contributed by atoms with Crippen LogP contribution in [0.3, 0.4) is 0 Å². The van der Waals surface area contributed by atoms with Gasteiger partial charge in [0.15, 0.2) is 5.76 Å². The molecular weight excluding hydrogens is 316 g/mol.